The van der Waals surface area contributed by atoms with Crippen molar-refractivity contribution in [3.05, 3.63) is 109 Å². The molecule has 0 aromatic heterocycles. The fraction of sp³-hybridized carbons (Fsp3) is 0.0400. The van der Waals surface area contributed by atoms with Crippen molar-refractivity contribution in [3.8, 4) is 34.5 Å². The number of aliphatic hydroxyl groups is 1. The predicted molar refractivity (Wildman–Crippen MR) is 112 cm³/mol. The van der Waals surface area contributed by atoms with Crippen LogP contribution in [0.15, 0.2) is 103 Å². The molecule has 0 saturated heterocycles. The molecular weight excluding hydrogens is 364 g/mol. The molecule has 0 aliphatic carbocycles. The van der Waals surface area contributed by atoms with E-state index in [0.717, 1.165) is 0 Å². The first-order valence-corrected chi connectivity index (χ1v) is 9.29. The molecular formula is C25H20O4. The molecule has 0 saturated carbocycles. The van der Waals surface area contributed by atoms with Gasteiger partial charge in [-0.25, -0.2) is 0 Å². The molecule has 4 heteroatoms. The number of para-hydroxylation sites is 3. The lowest BCUT2D eigenvalue weighted by Crippen LogP contribution is -1.98. The summed E-state index contributed by atoms with van der Waals surface area (Å²) < 4.78 is 18.4. The Kier molecular flexibility index (Phi) is 5.74. The van der Waals surface area contributed by atoms with Crippen LogP contribution < -0.4 is 14.2 Å². The molecule has 0 aliphatic rings. The predicted octanol–water partition coefficient (Wildman–Crippen LogP) is 6.56. The Balaban J connectivity index is 1.80. The lowest BCUT2D eigenvalue weighted by Gasteiger charge is -2.19. The largest absolute Gasteiger partial charge is 0.453 e. The van der Waals surface area contributed by atoms with E-state index in [2.05, 4.69) is 0 Å². The SMILES string of the molecule is OCc1ccc(Oc2ccccc2)c(Oc2ccccc2)c1Oc1ccccc1. The second-order valence-corrected chi connectivity index (χ2v) is 6.28. The van der Waals surface area contributed by atoms with Crippen LogP contribution in [-0.2, 0) is 6.61 Å². The van der Waals surface area contributed by atoms with E-state index in [-0.39, 0.29) is 6.61 Å². The number of ether oxygens (including phenoxy) is 3. The topological polar surface area (TPSA) is 47.9 Å². The molecule has 144 valence electrons. The summed E-state index contributed by atoms with van der Waals surface area (Å²) in [7, 11) is 0. The zero-order valence-electron chi connectivity index (χ0n) is 15.7. The fourth-order valence-corrected chi connectivity index (χ4v) is 2.83. The van der Waals surface area contributed by atoms with Gasteiger partial charge in [-0.05, 0) is 48.5 Å². The van der Waals surface area contributed by atoms with Gasteiger partial charge in [-0.1, -0.05) is 54.6 Å². The van der Waals surface area contributed by atoms with Gasteiger partial charge in [-0.15, -0.1) is 0 Å². The molecule has 1 N–H and O–H groups in total. The Morgan fingerprint density at radius 2 is 0.931 bits per heavy atom. The minimum atomic E-state index is -0.196. The smallest absolute Gasteiger partial charge is 0.212 e. The zero-order chi connectivity index (χ0) is 19.9. The van der Waals surface area contributed by atoms with E-state index in [1.165, 1.54) is 0 Å². The van der Waals surface area contributed by atoms with Gasteiger partial charge in [0.25, 0.3) is 0 Å². The van der Waals surface area contributed by atoms with E-state index in [9.17, 15) is 5.11 Å². The second-order valence-electron chi connectivity index (χ2n) is 6.28. The molecule has 0 atom stereocenters. The first-order valence-electron chi connectivity index (χ1n) is 9.29. The molecule has 0 fully saturated rings. The summed E-state index contributed by atoms with van der Waals surface area (Å²) in [5.41, 5.74) is 0.597. The van der Waals surface area contributed by atoms with Crippen molar-refractivity contribution in [2.75, 3.05) is 0 Å². The summed E-state index contributed by atoms with van der Waals surface area (Å²) in [5, 5.41) is 9.89. The first kappa shape index (κ1) is 18.6. The third-order valence-corrected chi connectivity index (χ3v) is 4.23. The van der Waals surface area contributed by atoms with Crippen molar-refractivity contribution in [1.82, 2.24) is 0 Å². The monoisotopic (exact) mass is 384 g/mol. The first-order chi connectivity index (χ1) is 14.3. The third kappa shape index (κ3) is 4.57. The Morgan fingerprint density at radius 3 is 1.41 bits per heavy atom. The van der Waals surface area contributed by atoms with Crippen LogP contribution in [0, 0.1) is 0 Å². The van der Waals surface area contributed by atoms with Crippen molar-refractivity contribution in [2.24, 2.45) is 0 Å². The van der Waals surface area contributed by atoms with Crippen molar-refractivity contribution < 1.29 is 19.3 Å². The summed E-state index contributed by atoms with van der Waals surface area (Å²) in [4.78, 5) is 0. The van der Waals surface area contributed by atoms with Gasteiger partial charge < -0.3 is 19.3 Å². The highest BCUT2D eigenvalue weighted by molar-refractivity contribution is 5.59. The van der Waals surface area contributed by atoms with Crippen LogP contribution in [0.25, 0.3) is 0 Å². The normalized spacial score (nSPS) is 10.4. The van der Waals surface area contributed by atoms with E-state index in [4.69, 9.17) is 14.2 Å². The van der Waals surface area contributed by atoms with Crippen LogP contribution >= 0.6 is 0 Å². The van der Waals surface area contributed by atoms with Gasteiger partial charge in [0.05, 0.1) is 6.61 Å². The Hall–Kier alpha value is -3.76. The maximum atomic E-state index is 9.89. The van der Waals surface area contributed by atoms with Gasteiger partial charge in [0.15, 0.2) is 11.5 Å². The van der Waals surface area contributed by atoms with Crippen molar-refractivity contribution in [3.63, 3.8) is 0 Å². The number of benzene rings is 4. The number of aliphatic hydroxyl groups excluding tert-OH is 1. The maximum absolute atomic E-state index is 9.89. The Labute approximate surface area is 169 Å². The maximum Gasteiger partial charge on any atom is 0.212 e. The van der Waals surface area contributed by atoms with Gasteiger partial charge in [-0.3, -0.25) is 0 Å². The summed E-state index contributed by atoms with van der Waals surface area (Å²) >= 11 is 0. The van der Waals surface area contributed by atoms with E-state index in [1.807, 2.05) is 91.0 Å². The molecule has 0 radical (unpaired) electrons. The van der Waals surface area contributed by atoms with E-state index in [0.29, 0.717) is 40.1 Å². The number of rotatable bonds is 7. The highest BCUT2D eigenvalue weighted by atomic mass is 16.5. The molecule has 0 aliphatic heterocycles. The minimum absolute atomic E-state index is 0.196. The quantitative estimate of drug-likeness (QED) is 0.392. The molecule has 4 aromatic carbocycles. The number of hydrogen-bond acceptors (Lipinski definition) is 4. The molecule has 4 rings (SSSR count). The average molecular weight is 384 g/mol. The van der Waals surface area contributed by atoms with Crippen LogP contribution in [0.1, 0.15) is 5.56 Å². The highest BCUT2D eigenvalue weighted by Crippen LogP contribution is 2.46. The van der Waals surface area contributed by atoms with Gasteiger partial charge in [0.2, 0.25) is 5.75 Å². The van der Waals surface area contributed by atoms with Crippen molar-refractivity contribution in [2.45, 2.75) is 6.61 Å². The molecule has 4 aromatic rings. The highest BCUT2D eigenvalue weighted by Gasteiger charge is 2.20. The van der Waals surface area contributed by atoms with Crippen LogP contribution in [0.3, 0.4) is 0 Å². The molecule has 0 bridgehead atoms. The minimum Gasteiger partial charge on any atom is -0.453 e. The summed E-state index contributed by atoms with van der Waals surface area (Å²) in [5.74, 6) is 3.25. The Bertz CT molecular complexity index is 1050. The third-order valence-electron chi connectivity index (χ3n) is 4.23. The van der Waals surface area contributed by atoms with Gasteiger partial charge in [0.1, 0.15) is 17.2 Å². The summed E-state index contributed by atoms with van der Waals surface area (Å²) in [6.07, 6.45) is 0. The van der Waals surface area contributed by atoms with Crippen LogP contribution in [0.4, 0.5) is 0 Å². The lowest BCUT2D eigenvalue weighted by molar-refractivity contribution is 0.274. The van der Waals surface area contributed by atoms with Crippen molar-refractivity contribution >= 4 is 0 Å². The van der Waals surface area contributed by atoms with E-state index in [1.54, 1.807) is 12.1 Å². The van der Waals surface area contributed by atoms with Crippen LogP contribution in [0.2, 0.25) is 0 Å². The molecule has 0 spiro atoms. The molecule has 0 heterocycles. The lowest BCUT2D eigenvalue weighted by atomic mass is 10.1. The fourth-order valence-electron chi connectivity index (χ4n) is 2.83. The molecule has 0 unspecified atom stereocenters. The summed E-state index contributed by atoms with van der Waals surface area (Å²) in [6, 6.07) is 31.8. The van der Waals surface area contributed by atoms with Gasteiger partial charge >= 0.3 is 0 Å². The van der Waals surface area contributed by atoms with Gasteiger partial charge in [-0.2, -0.15) is 0 Å². The van der Waals surface area contributed by atoms with E-state index < -0.39 is 0 Å². The number of hydrogen-bond donors (Lipinski definition) is 1. The van der Waals surface area contributed by atoms with Crippen molar-refractivity contribution in [1.29, 1.82) is 0 Å². The molecule has 29 heavy (non-hydrogen) atoms. The van der Waals surface area contributed by atoms with Crippen LogP contribution in [0.5, 0.6) is 34.5 Å². The standard InChI is InChI=1S/C25H20O4/c26-18-19-16-17-23(27-20-10-4-1-5-11-20)25(29-22-14-8-3-9-15-22)24(19)28-21-12-6-2-7-13-21/h1-17,26H,18H2. The second kappa shape index (κ2) is 8.95. The van der Waals surface area contributed by atoms with Crippen LogP contribution in [-0.4, -0.2) is 5.11 Å². The average Bonchev–Trinajstić information content (AvgIpc) is 2.78. The van der Waals surface area contributed by atoms with Gasteiger partial charge in [0, 0.05) is 5.56 Å². The summed E-state index contributed by atoms with van der Waals surface area (Å²) in [6.45, 7) is -0.196. The molecule has 0 amide bonds. The molecule has 4 nitrogen and oxygen atoms in total. The zero-order valence-corrected chi connectivity index (χ0v) is 15.7. The Morgan fingerprint density at radius 1 is 0.483 bits per heavy atom. The van der Waals surface area contributed by atoms with E-state index >= 15 is 0 Å².